The molecule has 194 valence electrons. The Balaban J connectivity index is 2.01. The smallest absolute Gasteiger partial charge is 0.328 e. The highest BCUT2D eigenvalue weighted by Gasteiger charge is 2.29. The number of Topliss-reactive ketones (excluding diaryl/α,β-unsaturated/α-hetero) is 1. The van der Waals surface area contributed by atoms with E-state index in [0.29, 0.717) is 36.0 Å². The van der Waals surface area contributed by atoms with E-state index in [9.17, 15) is 19.2 Å². The molecule has 3 N–H and O–H groups in total. The molecule has 9 heteroatoms. The lowest BCUT2D eigenvalue weighted by Crippen LogP contribution is -2.47. The largest absolute Gasteiger partial charge is 0.483 e. The van der Waals surface area contributed by atoms with Crippen molar-refractivity contribution in [3.05, 3.63) is 65.4 Å². The van der Waals surface area contributed by atoms with Gasteiger partial charge in [0.15, 0.2) is 6.61 Å². The molecule has 0 fully saturated rings. The second-order valence-electron chi connectivity index (χ2n) is 8.67. The summed E-state index contributed by atoms with van der Waals surface area (Å²) >= 11 is 0. The van der Waals surface area contributed by atoms with E-state index < -0.39 is 36.2 Å². The zero-order chi connectivity index (χ0) is 27.1. The van der Waals surface area contributed by atoms with Crippen LogP contribution in [0.3, 0.4) is 0 Å². The molecule has 0 aliphatic carbocycles. The first-order chi connectivity index (χ1) is 17.7. The number of primary amides is 1. The van der Waals surface area contributed by atoms with Crippen molar-refractivity contribution in [2.45, 2.75) is 46.2 Å². The zero-order valence-electron chi connectivity index (χ0n) is 21.4. The van der Waals surface area contributed by atoms with Crippen LogP contribution in [-0.4, -0.2) is 47.9 Å². The van der Waals surface area contributed by atoms with Crippen molar-refractivity contribution in [3.63, 3.8) is 0 Å². The molecule has 3 aromatic rings. The van der Waals surface area contributed by atoms with Crippen LogP contribution in [-0.2, 0) is 32.1 Å². The highest BCUT2D eigenvalue weighted by atomic mass is 16.5. The summed E-state index contributed by atoms with van der Waals surface area (Å²) in [6.45, 7) is 5.58. The molecule has 0 aliphatic heterocycles. The van der Waals surface area contributed by atoms with Crippen molar-refractivity contribution in [2.24, 2.45) is 11.7 Å². The summed E-state index contributed by atoms with van der Waals surface area (Å²) in [5.74, 6) is -2.90. The van der Waals surface area contributed by atoms with Gasteiger partial charge in [-0.2, -0.15) is 0 Å². The van der Waals surface area contributed by atoms with Gasteiger partial charge in [0.05, 0.1) is 30.1 Å². The van der Waals surface area contributed by atoms with Crippen LogP contribution in [0.25, 0.3) is 10.9 Å². The molecule has 2 atom stereocenters. The lowest BCUT2D eigenvalue weighted by Gasteiger charge is -2.21. The maximum absolute atomic E-state index is 13.0. The topological polar surface area (TPSA) is 130 Å². The van der Waals surface area contributed by atoms with Gasteiger partial charge in [0.1, 0.15) is 11.8 Å². The van der Waals surface area contributed by atoms with E-state index >= 15 is 0 Å². The predicted molar refractivity (Wildman–Crippen MR) is 137 cm³/mol. The first-order valence-corrected chi connectivity index (χ1v) is 12.1. The molecular formula is C28H31N3O6. The SMILES string of the molecule is CCc1c(C(=O)C(N)=O)c2c(OCC(=O)NC(C(=O)OC)C(C)CC)cccc2n1Cc1c#cccc1. The number of amides is 2. The van der Waals surface area contributed by atoms with Crippen LogP contribution >= 0.6 is 0 Å². The molecule has 2 aromatic carbocycles. The van der Waals surface area contributed by atoms with E-state index in [1.165, 1.54) is 7.11 Å². The third kappa shape index (κ3) is 5.92. The van der Waals surface area contributed by atoms with Crippen LogP contribution in [0.2, 0.25) is 0 Å². The molecule has 0 aliphatic rings. The molecule has 0 saturated carbocycles. The fraction of sp³-hybridized carbons (Fsp3) is 0.357. The molecule has 1 heterocycles. The van der Waals surface area contributed by atoms with Crippen molar-refractivity contribution in [1.82, 2.24) is 9.88 Å². The molecule has 2 amide bonds. The van der Waals surface area contributed by atoms with E-state index in [1.54, 1.807) is 18.2 Å². The van der Waals surface area contributed by atoms with Gasteiger partial charge in [-0.15, -0.1) is 0 Å². The number of ether oxygens (including phenoxy) is 2. The van der Waals surface area contributed by atoms with Gasteiger partial charge < -0.3 is 25.1 Å². The number of fused-ring (bicyclic) bond motifs is 1. The Bertz CT molecular complexity index is 1300. The fourth-order valence-electron chi connectivity index (χ4n) is 4.26. The van der Waals surface area contributed by atoms with Gasteiger partial charge in [-0.3, -0.25) is 14.4 Å². The van der Waals surface area contributed by atoms with Gasteiger partial charge in [-0.25, -0.2) is 4.79 Å². The number of methoxy groups -OCH3 is 1. The number of rotatable bonds is 12. The quantitative estimate of drug-likeness (QED) is 0.221. The monoisotopic (exact) mass is 505 g/mol. The highest BCUT2D eigenvalue weighted by molar-refractivity contribution is 6.45. The lowest BCUT2D eigenvalue weighted by molar-refractivity contribution is -0.146. The Morgan fingerprint density at radius 3 is 2.49 bits per heavy atom. The van der Waals surface area contributed by atoms with Crippen molar-refractivity contribution in [1.29, 1.82) is 0 Å². The van der Waals surface area contributed by atoms with Crippen LogP contribution in [0.4, 0.5) is 0 Å². The number of carbonyl (C=O) groups is 4. The Labute approximate surface area is 215 Å². The molecule has 1 aromatic heterocycles. The average Bonchev–Trinajstić information content (AvgIpc) is 3.23. The van der Waals surface area contributed by atoms with Crippen molar-refractivity contribution >= 4 is 34.5 Å². The second-order valence-corrected chi connectivity index (χ2v) is 8.67. The van der Waals surface area contributed by atoms with E-state index in [4.69, 9.17) is 15.2 Å². The predicted octanol–water partition coefficient (Wildman–Crippen LogP) is 2.60. The third-order valence-corrected chi connectivity index (χ3v) is 6.33. The second kappa shape index (κ2) is 12.1. The number of benzene rings is 1. The molecule has 3 rings (SSSR count). The fourth-order valence-corrected chi connectivity index (χ4v) is 4.26. The molecule has 37 heavy (non-hydrogen) atoms. The van der Waals surface area contributed by atoms with Crippen molar-refractivity contribution in [3.8, 4) is 5.75 Å². The molecule has 2 unspecified atom stereocenters. The minimum Gasteiger partial charge on any atom is -0.483 e. The van der Waals surface area contributed by atoms with Crippen molar-refractivity contribution < 1.29 is 28.7 Å². The van der Waals surface area contributed by atoms with E-state index in [1.807, 2.05) is 43.5 Å². The number of carbonyl (C=O) groups excluding carboxylic acids is 4. The average molecular weight is 506 g/mol. The Kier molecular flexibility index (Phi) is 8.90. The first-order valence-electron chi connectivity index (χ1n) is 12.1. The molecule has 0 radical (unpaired) electrons. The molecule has 0 saturated heterocycles. The minimum absolute atomic E-state index is 0.146. The summed E-state index contributed by atoms with van der Waals surface area (Å²) < 4.78 is 12.6. The number of ketones is 1. The minimum atomic E-state index is -1.09. The maximum atomic E-state index is 13.0. The summed E-state index contributed by atoms with van der Waals surface area (Å²) in [5, 5.41) is 3.05. The van der Waals surface area contributed by atoms with Gasteiger partial charge in [0.25, 0.3) is 17.6 Å². The standard InChI is InChI=1S/C28H31N3O6/c1-5-17(3)25(28(35)36-4)30-22(32)16-37-21-14-10-13-20-23(21)24(26(33)27(29)34)19(6-2)31(20)15-18-11-8-7-9-12-18/h7-8,10-11,13-14,17,25H,5-6,15-16H2,1-4H3,(H2,29,34)(H,30,32). The Hall–Kier alpha value is -4.32. The summed E-state index contributed by atoms with van der Waals surface area (Å²) in [6.07, 6.45) is 1.10. The maximum Gasteiger partial charge on any atom is 0.328 e. The lowest BCUT2D eigenvalue weighted by atomic mass is 9.99. The number of nitrogens with zero attached hydrogens (tertiary/aromatic N) is 1. The van der Waals surface area contributed by atoms with Crippen LogP contribution in [0.15, 0.2) is 36.4 Å². The number of esters is 1. The summed E-state index contributed by atoms with van der Waals surface area (Å²) in [6, 6.07) is 15.8. The summed E-state index contributed by atoms with van der Waals surface area (Å²) in [5.41, 5.74) is 7.63. The van der Waals surface area contributed by atoms with E-state index in [2.05, 4.69) is 17.4 Å². The van der Waals surface area contributed by atoms with Gasteiger partial charge in [0.2, 0.25) is 0 Å². The van der Waals surface area contributed by atoms with Gasteiger partial charge in [-0.05, 0) is 36.6 Å². The van der Waals surface area contributed by atoms with E-state index in [-0.39, 0.29) is 17.2 Å². The molecular weight excluding hydrogens is 474 g/mol. The van der Waals surface area contributed by atoms with Crippen molar-refractivity contribution in [2.75, 3.05) is 13.7 Å². The normalized spacial score (nSPS) is 12.3. The van der Waals surface area contributed by atoms with Gasteiger partial charge >= 0.3 is 5.97 Å². The number of hydrogen-bond donors (Lipinski definition) is 2. The molecule has 9 nitrogen and oxygen atoms in total. The van der Waals surface area contributed by atoms with Crippen LogP contribution in [0, 0.1) is 18.1 Å². The zero-order valence-corrected chi connectivity index (χ0v) is 21.4. The number of nitrogens with two attached hydrogens (primary N) is 1. The van der Waals surface area contributed by atoms with Gasteiger partial charge in [-0.1, -0.05) is 51.5 Å². The Morgan fingerprint density at radius 2 is 1.89 bits per heavy atom. The van der Waals surface area contributed by atoms with Crippen LogP contribution in [0.5, 0.6) is 5.75 Å². The molecule has 0 bridgehead atoms. The summed E-state index contributed by atoms with van der Waals surface area (Å²) in [7, 11) is 1.26. The number of aromatic nitrogens is 1. The third-order valence-electron chi connectivity index (χ3n) is 6.33. The van der Waals surface area contributed by atoms with Crippen LogP contribution in [0.1, 0.15) is 48.8 Å². The van der Waals surface area contributed by atoms with E-state index in [0.717, 1.165) is 5.56 Å². The first kappa shape index (κ1) is 27.3. The number of hydrogen-bond acceptors (Lipinski definition) is 6. The van der Waals surface area contributed by atoms with Crippen LogP contribution < -0.4 is 15.8 Å². The molecule has 0 spiro atoms. The summed E-state index contributed by atoms with van der Waals surface area (Å²) in [4.78, 5) is 49.8. The highest BCUT2D eigenvalue weighted by Crippen LogP contribution is 2.35. The number of nitrogens with one attached hydrogen (secondary N) is 1. The Morgan fingerprint density at radius 1 is 1.14 bits per heavy atom. The van der Waals surface area contributed by atoms with Gasteiger partial charge in [0, 0.05) is 11.3 Å².